The summed E-state index contributed by atoms with van der Waals surface area (Å²) in [7, 11) is 0. The van der Waals surface area contributed by atoms with Crippen molar-refractivity contribution in [3.05, 3.63) is 52.5 Å². The summed E-state index contributed by atoms with van der Waals surface area (Å²) < 4.78 is 1.87. The average Bonchev–Trinajstić information content (AvgIpc) is 3.28. The number of rotatable bonds is 3. The van der Waals surface area contributed by atoms with Gasteiger partial charge in [-0.15, -0.1) is 0 Å². The second kappa shape index (κ2) is 6.27. The number of imidazole rings is 1. The number of nitriles is 1. The first-order valence-electron chi connectivity index (χ1n) is 8.16. The molecule has 1 aliphatic heterocycles. The van der Waals surface area contributed by atoms with Gasteiger partial charge in [-0.25, -0.2) is 4.98 Å². The molecule has 0 N–H and O–H groups in total. The van der Waals surface area contributed by atoms with E-state index in [0.29, 0.717) is 11.7 Å². The van der Waals surface area contributed by atoms with E-state index in [0.717, 1.165) is 37.6 Å². The molecule has 0 aromatic carbocycles. The van der Waals surface area contributed by atoms with E-state index in [1.807, 2.05) is 28.8 Å². The normalized spacial score (nSPS) is 17.1. The minimum Gasteiger partial charge on any atom is -0.352 e. The van der Waals surface area contributed by atoms with Gasteiger partial charge in [0.2, 0.25) is 0 Å². The highest BCUT2D eigenvalue weighted by molar-refractivity contribution is 7.07. The quantitative estimate of drug-likeness (QED) is 0.737. The Kier molecular flexibility index (Phi) is 3.97. The maximum absolute atomic E-state index is 9.55. The number of pyridine rings is 1. The fraction of sp³-hybridized carbons (Fsp3) is 0.333. The van der Waals surface area contributed by atoms with Crippen LogP contribution in [0, 0.1) is 11.3 Å². The summed E-state index contributed by atoms with van der Waals surface area (Å²) in [4.78, 5) is 9.42. The van der Waals surface area contributed by atoms with Gasteiger partial charge in [0.15, 0.2) is 11.5 Å². The molecule has 1 aliphatic rings. The number of aromatic nitrogens is 2. The summed E-state index contributed by atoms with van der Waals surface area (Å²) in [6.45, 7) is 6.02. The van der Waals surface area contributed by atoms with Crippen LogP contribution in [-0.2, 0) is 0 Å². The van der Waals surface area contributed by atoms with Crippen molar-refractivity contribution in [2.24, 2.45) is 0 Å². The van der Waals surface area contributed by atoms with Crippen LogP contribution in [-0.4, -0.2) is 40.5 Å². The lowest BCUT2D eigenvalue weighted by molar-refractivity contribution is 0.198. The summed E-state index contributed by atoms with van der Waals surface area (Å²) in [6, 6.07) is 10.8. The van der Waals surface area contributed by atoms with Gasteiger partial charge < -0.3 is 4.90 Å². The van der Waals surface area contributed by atoms with Gasteiger partial charge in [-0.05, 0) is 41.4 Å². The first kappa shape index (κ1) is 15.2. The van der Waals surface area contributed by atoms with Gasteiger partial charge in [0.1, 0.15) is 11.7 Å². The second-order valence-electron chi connectivity index (χ2n) is 6.08. The predicted molar refractivity (Wildman–Crippen MR) is 96.4 cm³/mol. The van der Waals surface area contributed by atoms with Crippen molar-refractivity contribution in [1.82, 2.24) is 14.3 Å². The maximum atomic E-state index is 9.55. The van der Waals surface area contributed by atoms with Crippen LogP contribution >= 0.6 is 11.3 Å². The third kappa shape index (κ3) is 2.56. The Labute approximate surface area is 145 Å². The van der Waals surface area contributed by atoms with Crippen LogP contribution in [0.2, 0.25) is 0 Å². The van der Waals surface area contributed by atoms with Crippen LogP contribution in [0.5, 0.6) is 0 Å². The standard InChI is InChI=1S/C18H19N5S/c1-14(15-5-11-24-13-15)21-7-9-22(10-8-21)18-16(12-19)23-6-3-2-4-17(23)20-18/h2-6,11,13-14H,7-10H2,1H3. The number of fused-ring (bicyclic) bond motifs is 1. The molecule has 4 heterocycles. The van der Waals surface area contributed by atoms with Crippen LogP contribution in [0.25, 0.3) is 5.65 Å². The van der Waals surface area contributed by atoms with E-state index in [4.69, 9.17) is 0 Å². The van der Waals surface area contributed by atoms with E-state index >= 15 is 0 Å². The van der Waals surface area contributed by atoms with Crippen molar-refractivity contribution in [3.63, 3.8) is 0 Å². The Hall–Kier alpha value is -2.36. The van der Waals surface area contributed by atoms with Gasteiger partial charge in [-0.3, -0.25) is 9.30 Å². The first-order valence-corrected chi connectivity index (χ1v) is 9.10. The zero-order valence-electron chi connectivity index (χ0n) is 13.6. The van der Waals surface area contributed by atoms with Gasteiger partial charge in [-0.1, -0.05) is 6.07 Å². The fourth-order valence-electron chi connectivity index (χ4n) is 3.35. The number of hydrogen-bond donors (Lipinski definition) is 0. The van der Waals surface area contributed by atoms with Crippen molar-refractivity contribution in [1.29, 1.82) is 5.26 Å². The molecule has 5 nitrogen and oxygen atoms in total. The summed E-state index contributed by atoms with van der Waals surface area (Å²) in [5, 5.41) is 13.9. The van der Waals surface area contributed by atoms with Crippen LogP contribution in [0.1, 0.15) is 24.2 Å². The lowest BCUT2D eigenvalue weighted by atomic mass is 10.1. The molecule has 122 valence electrons. The van der Waals surface area contributed by atoms with Crippen molar-refractivity contribution in [2.45, 2.75) is 13.0 Å². The Balaban J connectivity index is 1.53. The molecule has 1 fully saturated rings. The SMILES string of the molecule is CC(c1ccsc1)N1CCN(c2nc3ccccn3c2C#N)CC1. The topological polar surface area (TPSA) is 47.6 Å². The van der Waals surface area contributed by atoms with Crippen LogP contribution in [0.15, 0.2) is 41.2 Å². The molecular formula is C18H19N5S. The summed E-state index contributed by atoms with van der Waals surface area (Å²) >= 11 is 1.75. The van der Waals surface area contributed by atoms with Crippen LogP contribution < -0.4 is 4.90 Å². The van der Waals surface area contributed by atoms with E-state index in [9.17, 15) is 5.26 Å². The van der Waals surface area contributed by atoms with Crippen molar-refractivity contribution >= 4 is 22.8 Å². The Morgan fingerprint density at radius 2 is 2.04 bits per heavy atom. The van der Waals surface area contributed by atoms with Gasteiger partial charge in [-0.2, -0.15) is 16.6 Å². The highest BCUT2D eigenvalue weighted by Gasteiger charge is 2.25. The Bertz CT molecular complexity index is 869. The fourth-order valence-corrected chi connectivity index (χ4v) is 4.10. The van der Waals surface area contributed by atoms with E-state index in [1.54, 1.807) is 11.3 Å². The van der Waals surface area contributed by atoms with Gasteiger partial charge in [0, 0.05) is 38.4 Å². The summed E-state index contributed by atoms with van der Waals surface area (Å²) in [5.41, 5.74) is 2.85. The lowest BCUT2D eigenvalue weighted by Gasteiger charge is -2.38. The summed E-state index contributed by atoms with van der Waals surface area (Å²) in [6.07, 6.45) is 1.90. The molecular weight excluding hydrogens is 318 g/mol. The number of nitrogens with zero attached hydrogens (tertiary/aromatic N) is 5. The van der Waals surface area contributed by atoms with Gasteiger partial charge >= 0.3 is 0 Å². The minimum absolute atomic E-state index is 0.440. The first-order chi connectivity index (χ1) is 11.8. The number of thiophene rings is 1. The number of piperazine rings is 1. The van der Waals surface area contributed by atoms with Gasteiger partial charge in [0.25, 0.3) is 0 Å². The molecule has 3 aromatic heterocycles. The molecule has 0 radical (unpaired) electrons. The van der Waals surface area contributed by atoms with Crippen LogP contribution in [0.3, 0.4) is 0 Å². The van der Waals surface area contributed by atoms with E-state index < -0.39 is 0 Å². The summed E-state index contributed by atoms with van der Waals surface area (Å²) in [5.74, 6) is 0.812. The van der Waals surface area contributed by atoms with Crippen LogP contribution in [0.4, 0.5) is 5.82 Å². The third-order valence-electron chi connectivity index (χ3n) is 4.80. The smallest absolute Gasteiger partial charge is 0.169 e. The number of hydrogen-bond acceptors (Lipinski definition) is 5. The zero-order chi connectivity index (χ0) is 16.5. The molecule has 0 spiro atoms. The molecule has 0 amide bonds. The molecule has 0 aliphatic carbocycles. The molecule has 4 rings (SSSR count). The van der Waals surface area contributed by atoms with Crippen molar-refractivity contribution in [2.75, 3.05) is 31.1 Å². The second-order valence-corrected chi connectivity index (χ2v) is 6.86. The lowest BCUT2D eigenvalue weighted by Crippen LogP contribution is -2.47. The molecule has 1 saturated heterocycles. The molecule has 3 aromatic rings. The molecule has 6 heteroatoms. The Morgan fingerprint density at radius 3 is 2.75 bits per heavy atom. The van der Waals surface area contributed by atoms with Crippen molar-refractivity contribution < 1.29 is 0 Å². The Morgan fingerprint density at radius 1 is 1.21 bits per heavy atom. The highest BCUT2D eigenvalue weighted by atomic mass is 32.1. The highest BCUT2D eigenvalue weighted by Crippen LogP contribution is 2.26. The molecule has 0 bridgehead atoms. The molecule has 0 saturated carbocycles. The average molecular weight is 337 g/mol. The van der Waals surface area contributed by atoms with E-state index in [1.165, 1.54) is 5.56 Å². The largest absolute Gasteiger partial charge is 0.352 e. The van der Waals surface area contributed by atoms with E-state index in [-0.39, 0.29) is 0 Å². The van der Waals surface area contributed by atoms with Gasteiger partial charge in [0.05, 0.1) is 0 Å². The number of anilines is 1. The third-order valence-corrected chi connectivity index (χ3v) is 5.51. The van der Waals surface area contributed by atoms with Crippen molar-refractivity contribution in [3.8, 4) is 6.07 Å². The predicted octanol–water partition coefficient (Wildman–Crippen LogP) is 3.15. The monoisotopic (exact) mass is 337 g/mol. The zero-order valence-corrected chi connectivity index (χ0v) is 14.4. The molecule has 1 unspecified atom stereocenters. The van der Waals surface area contributed by atoms with E-state index in [2.05, 4.69) is 44.6 Å². The minimum atomic E-state index is 0.440. The maximum Gasteiger partial charge on any atom is 0.169 e. The molecule has 24 heavy (non-hydrogen) atoms. The molecule has 1 atom stereocenters.